The SMILES string of the molecule is CCCC1CCN(CC(C)C(NC)c2ccccc2F)C1. The van der Waals surface area contributed by atoms with Gasteiger partial charge in [-0.2, -0.15) is 0 Å². The molecule has 0 radical (unpaired) electrons. The predicted molar refractivity (Wildman–Crippen MR) is 86.8 cm³/mol. The minimum atomic E-state index is -0.103. The zero-order chi connectivity index (χ0) is 15.2. The Morgan fingerprint density at radius 2 is 2.14 bits per heavy atom. The highest BCUT2D eigenvalue weighted by molar-refractivity contribution is 5.21. The Bertz CT molecular complexity index is 435. The Morgan fingerprint density at radius 3 is 2.81 bits per heavy atom. The van der Waals surface area contributed by atoms with E-state index in [0.29, 0.717) is 5.92 Å². The molecule has 1 heterocycles. The zero-order valence-electron chi connectivity index (χ0n) is 13.6. The fourth-order valence-corrected chi connectivity index (χ4v) is 3.71. The summed E-state index contributed by atoms with van der Waals surface area (Å²) in [6, 6.07) is 7.21. The van der Waals surface area contributed by atoms with Crippen molar-refractivity contribution < 1.29 is 4.39 Å². The van der Waals surface area contributed by atoms with Crippen molar-refractivity contribution in [3.05, 3.63) is 35.6 Å². The van der Waals surface area contributed by atoms with Crippen LogP contribution in [0.5, 0.6) is 0 Å². The lowest BCUT2D eigenvalue weighted by atomic mass is 9.93. The highest BCUT2D eigenvalue weighted by atomic mass is 19.1. The van der Waals surface area contributed by atoms with Crippen molar-refractivity contribution in [3.8, 4) is 0 Å². The third-order valence-corrected chi connectivity index (χ3v) is 4.73. The van der Waals surface area contributed by atoms with Crippen molar-refractivity contribution in [1.82, 2.24) is 10.2 Å². The van der Waals surface area contributed by atoms with Crippen LogP contribution in [0.4, 0.5) is 4.39 Å². The number of benzene rings is 1. The first-order valence-electron chi connectivity index (χ1n) is 8.29. The summed E-state index contributed by atoms with van der Waals surface area (Å²) in [5.74, 6) is 1.16. The lowest BCUT2D eigenvalue weighted by molar-refractivity contribution is 0.242. The quantitative estimate of drug-likeness (QED) is 0.821. The van der Waals surface area contributed by atoms with E-state index < -0.39 is 0 Å². The Hall–Kier alpha value is -0.930. The molecule has 1 aliphatic rings. The molecule has 1 N–H and O–H groups in total. The van der Waals surface area contributed by atoms with Crippen LogP contribution in [0.3, 0.4) is 0 Å². The summed E-state index contributed by atoms with van der Waals surface area (Å²) in [4.78, 5) is 2.55. The number of nitrogens with zero attached hydrogens (tertiary/aromatic N) is 1. The Labute approximate surface area is 128 Å². The highest BCUT2D eigenvalue weighted by Crippen LogP contribution is 2.27. The molecule has 0 saturated carbocycles. The lowest BCUT2D eigenvalue weighted by Gasteiger charge is -2.28. The largest absolute Gasteiger partial charge is 0.313 e. The minimum Gasteiger partial charge on any atom is -0.313 e. The first kappa shape index (κ1) is 16.4. The van der Waals surface area contributed by atoms with Crippen molar-refractivity contribution in [3.63, 3.8) is 0 Å². The number of rotatable bonds is 7. The van der Waals surface area contributed by atoms with Crippen LogP contribution >= 0.6 is 0 Å². The summed E-state index contributed by atoms with van der Waals surface area (Å²) in [6.45, 7) is 7.94. The van der Waals surface area contributed by atoms with Gasteiger partial charge >= 0.3 is 0 Å². The highest BCUT2D eigenvalue weighted by Gasteiger charge is 2.27. The van der Waals surface area contributed by atoms with Gasteiger partial charge in [0.1, 0.15) is 5.82 Å². The summed E-state index contributed by atoms with van der Waals surface area (Å²) in [7, 11) is 1.93. The number of nitrogens with one attached hydrogen (secondary N) is 1. The van der Waals surface area contributed by atoms with Gasteiger partial charge in [0.05, 0.1) is 0 Å². The van der Waals surface area contributed by atoms with E-state index >= 15 is 0 Å². The molecule has 0 amide bonds. The summed E-state index contributed by atoms with van der Waals surface area (Å²) in [6.07, 6.45) is 3.94. The van der Waals surface area contributed by atoms with Crippen molar-refractivity contribution in [1.29, 1.82) is 0 Å². The second-order valence-electron chi connectivity index (χ2n) is 6.47. The molecule has 2 rings (SSSR count). The average molecular weight is 292 g/mol. The normalized spacial score (nSPS) is 22.4. The molecule has 0 aromatic heterocycles. The number of hydrogen-bond donors (Lipinski definition) is 1. The van der Waals surface area contributed by atoms with Gasteiger partial charge in [-0.15, -0.1) is 0 Å². The Balaban J connectivity index is 1.95. The standard InChI is InChI=1S/C18H29FN2/c1-4-7-15-10-11-21(13-15)12-14(2)18(20-3)16-8-5-6-9-17(16)19/h5-6,8-9,14-15,18,20H,4,7,10-13H2,1-3H3. The topological polar surface area (TPSA) is 15.3 Å². The van der Waals surface area contributed by atoms with Crippen LogP contribution in [-0.2, 0) is 0 Å². The molecule has 1 aromatic carbocycles. The van der Waals surface area contributed by atoms with Gasteiger partial charge in [-0.3, -0.25) is 0 Å². The van der Waals surface area contributed by atoms with Gasteiger partial charge in [-0.05, 0) is 44.3 Å². The van der Waals surface area contributed by atoms with Crippen LogP contribution in [-0.4, -0.2) is 31.6 Å². The molecule has 3 unspecified atom stereocenters. The van der Waals surface area contributed by atoms with Crippen molar-refractivity contribution >= 4 is 0 Å². The van der Waals surface area contributed by atoms with Crippen LogP contribution in [0.2, 0.25) is 0 Å². The van der Waals surface area contributed by atoms with Crippen LogP contribution in [0.1, 0.15) is 44.7 Å². The summed E-state index contributed by atoms with van der Waals surface area (Å²) >= 11 is 0. The fraction of sp³-hybridized carbons (Fsp3) is 0.667. The summed E-state index contributed by atoms with van der Waals surface area (Å²) in [5, 5.41) is 3.30. The first-order valence-corrected chi connectivity index (χ1v) is 8.29. The molecule has 1 aromatic rings. The van der Waals surface area contributed by atoms with E-state index in [9.17, 15) is 4.39 Å². The molecule has 1 aliphatic heterocycles. The second-order valence-corrected chi connectivity index (χ2v) is 6.47. The van der Waals surface area contributed by atoms with Crippen molar-refractivity contribution in [2.75, 3.05) is 26.7 Å². The average Bonchev–Trinajstić information content (AvgIpc) is 2.89. The second kappa shape index (κ2) is 7.90. The molecule has 2 nitrogen and oxygen atoms in total. The van der Waals surface area contributed by atoms with Crippen LogP contribution in [0.25, 0.3) is 0 Å². The van der Waals surface area contributed by atoms with E-state index in [1.807, 2.05) is 19.2 Å². The molecular formula is C18H29FN2. The van der Waals surface area contributed by atoms with E-state index in [0.717, 1.165) is 18.0 Å². The van der Waals surface area contributed by atoms with Crippen LogP contribution < -0.4 is 5.32 Å². The number of likely N-dealkylation sites (tertiary alicyclic amines) is 1. The number of halogens is 1. The van der Waals surface area contributed by atoms with Crippen LogP contribution in [0, 0.1) is 17.7 Å². The van der Waals surface area contributed by atoms with E-state index in [1.54, 1.807) is 12.1 Å². The third kappa shape index (κ3) is 4.27. The molecule has 0 aliphatic carbocycles. The monoisotopic (exact) mass is 292 g/mol. The maximum Gasteiger partial charge on any atom is 0.127 e. The summed E-state index contributed by atoms with van der Waals surface area (Å²) in [5.41, 5.74) is 0.789. The van der Waals surface area contributed by atoms with Gasteiger partial charge in [0.15, 0.2) is 0 Å². The zero-order valence-corrected chi connectivity index (χ0v) is 13.6. The summed E-state index contributed by atoms with van der Waals surface area (Å²) < 4.78 is 14.0. The lowest BCUT2D eigenvalue weighted by Crippen LogP contribution is -2.34. The maximum atomic E-state index is 14.0. The van der Waals surface area contributed by atoms with Gasteiger partial charge in [0.2, 0.25) is 0 Å². The molecule has 118 valence electrons. The predicted octanol–water partition coefficient (Wildman–Crippen LogP) is 3.84. The van der Waals surface area contributed by atoms with Gasteiger partial charge in [-0.25, -0.2) is 4.39 Å². The van der Waals surface area contributed by atoms with E-state index in [2.05, 4.69) is 24.1 Å². The molecule has 0 spiro atoms. The molecule has 21 heavy (non-hydrogen) atoms. The minimum absolute atomic E-state index is 0.0800. The third-order valence-electron chi connectivity index (χ3n) is 4.73. The van der Waals surface area contributed by atoms with Gasteiger partial charge in [0, 0.05) is 24.7 Å². The number of hydrogen-bond acceptors (Lipinski definition) is 2. The van der Waals surface area contributed by atoms with Gasteiger partial charge in [-0.1, -0.05) is 38.5 Å². The molecule has 1 fully saturated rings. The molecule has 3 atom stereocenters. The van der Waals surface area contributed by atoms with Gasteiger partial charge in [0.25, 0.3) is 0 Å². The van der Waals surface area contributed by atoms with E-state index in [4.69, 9.17) is 0 Å². The van der Waals surface area contributed by atoms with E-state index in [-0.39, 0.29) is 11.9 Å². The van der Waals surface area contributed by atoms with Crippen molar-refractivity contribution in [2.45, 2.75) is 39.2 Å². The maximum absolute atomic E-state index is 14.0. The first-order chi connectivity index (χ1) is 10.2. The fourth-order valence-electron chi connectivity index (χ4n) is 3.71. The Kier molecular flexibility index (Phi) is 6.19. The van der Waals surface area contributed by atoms with E-state index in [1.165, 1.54) is 32.4 Å². The van der Waals surface area contributed by atoms with Gasteiger partial charge < -0.3 is 10.2 Å². The Morgan fingerprint density at radius 1 is 1.38 bits per heavy atom. The molecule has 1 saturated heterocycles. The molecular weight excluding hydrogens is 263 g/mol. The molecule has 3 heteroatoms. The van der Waals surface area contributed by atoms with Crippen LogP contribution in [0.15, 0.2) is 24.3 Å². The smallest absolute Gasteiger partial charge is 0.127 e. The molecule has 0 bridgehead atoms. The van der Waals surface area contributed by atoms with Crippen molar-refractivity contribution in [2.24, 2.45) is 11.8 Å².